The molecule has 0 fully saturated rings. The second kappa shape index (κ2) is 10.2. The summed E-state index contributed by atoms with van der Waals surface area (Å²) >= 11 is 7.67. The first-order valence-electron chi connectivity index (χ1n) is 9.96. The SMILES string of the molecule is COCCCn1c(SCC(=O)c2ccc3c(c2)NC(=O)CO3)nnc1-c1ccccc1Cl. The summed E-state index contributed by atoms with van der Waals surface area (Å²) in [5, 5.41) is 12.6. The molecule has 0 spiro atoms. The largest absolute Gasteiger partial charge is 0.482 e. The maximum absolute atomic E-state index is 12.8. The predicted octanol–water partition coefficient (Wildman–Crippen LogP) is 3.94. The van der Waals surface area contributed by atoms with Gasteiger partial charge in [-0.15, -0.1) is 10.2 Å². The molecule has 0 atom stereocenters. The van der Waals surface area contributed by atoms with Gasteiger partial charge in [-0.1, -0.05) is 35.5 Å². The van der Waals surface area contributed by atoms with Crippen LogP contribution in [-0.4, -0.2) is 52.5 Å². The lowest BCUT2D eigenvalue weighted by molar-refractivity contribution is -0.118. The molecule has 0 unspecified atom stereocenters. The van der Waals surface area contributed by atoms with Gasteiger partial charge in [0.1, 0.15) is 5.75 Å². The van der Waals surface area contributed by atoms with Crippen molar-refractivity contribution >= 4 is 40.7 Å². The van der Waals surface area contributed by atoms with Crippen LogP contribution >= 0.6 is 23.4 Å². The number of ether oxygens (including phenoxy) is 2. The number of hydrogen-bond acceptors (Lipinski definition) is 7. The summed E-state index contributed by atoms with van der Waals surface area (Å²) in [5.41, 5.74) is 1.77. The van der Waals surface area contributed by atoms with Crippen molar-refractivity contribution in [1.82, 2.24) is 14.8 Å². The molecule has 8 nitrogen and oxygen atoms in total. The van der Waals surface area contributed by atoms with E-state index >= 15 is 0 Å². The van der Waals surface area contributed by atoms with E-state index in [0.29, 0.717) is 46.2 Å². The van der Waals surface area contributed by atoms with E-state index in [9.17, 15) is 9.59 Å². The van der Waals surface area contributed by atoms with Gasteiger partial charge in [0.05, 0.1) is 16.5 Å². The highest BCUT2D eigenvalue weighted by molar-refractivity contribution is 7.99. The van der Waals surface area contributed by atoms with Crippen molar-refractivity contribution in [2.24, 2.45) is 0 Å². The maximum atomic E-state index is 12.8. The number of halogens is 1. The monoisotopic (exact) mass is 472 g/mol. The van der Waals surface area contributed by atoms with Gasteiger partial charge in [0.15, 0.2) is 23.4 Å². The topological polar surface area (TPSA) is 95.3 Å². The maximum Gasteiger partial charge on any atom is 0.262 e. The van der Waals surface area contributed by atoms with Gasteiger partial charge in [-0.25, -0.2) is 0 Å². The number of ketones is 1. The Kier molecular flexibility index (Phi) is 7.09. The Labute approximate surface area is 194 Å². The third-order valence-electron chi connectivity index (χ3n) is 4.83. The first-order chi connectivity index (χ1) is 15.6. The molecule has 0 saturated carbocycles. The molecule has 1 N–H and O–H groups in total. The Hall–Kier alpha value is -2.88. The van der Waals surface area contributed by atoms with E-state index < -0.39 is 0 Å². The van der Waals surface area contributed by atoms with Gasteiger partial charge in [0.25, 0.3) is 5.91 Å². The number of thioether (sulfide) groups is 1. The van der Waals surface area contributed by atoms with Gasteiger partial charge in [-0.3, -0.25) is 9.59 Å². The van der Waals surface area contributed by atoms with Gasteiger partial charge < -0.3 is 19.4 Å². The summed E-state index contributed by atoms with van der Waals surface area (Å²) in [4.78, 5) is 24.4. The number of amides is 1. The Morgan fingerprint density at radius 3 is 2.94 bits per heavy atom. The number of Topliss-reactive ketones (excluding diaryl/α,β-unsaturated/α-hetero) is 1. The van der Waals surface area contributed by atoms with Crippen molar-refractivity contribution in [1.29, 1.82) is 0 Å². The van der Waals surface area contributed by atoms with E-state index in [4.69, 9.17) is 21.1 Å². The Morgan fingerprint density at radius 2 is 2.12 bits per heavy atom. The van der Waals surface area contributed by atoms with Crippen molar-refractivity contribution in [3.8, 4) is 17.1 Å². The molecule has 2 aromatic carbocycles. The average molecular weight is 473 g/mol. The lowest BCUT2D eigenvalue weighted by Gasteiger charge is -2.18. The van der Waals surface area contributed by atoms with Crippen LogP contribution in [0.4, 0.5) is 5.69 Å². The zero-order valence-electron chi connectivity index (χ0n) is 17.3. The summed E-state index contributed by atoms with van der Waals surface area (Å²) in [6, 6.07) is 12.5. The summed E-state index contributed by atoms with van der Waals surface area (Å²) < 4.78 is 12.5. The minimum absolute atomic E-state index is 0.0252. The minimum atomic E-state index is -0.243. The highest BCUT2D eigenvalue weighted by Gasteiger charge is 2.20. The number of methoxy groups -OCH3 is 1. The zero-order chi connectivity index (χ0) is 22.5. The van der Waals surface area contributed by atoms with Gasteiger partial charge in [-0.2, -0.15) is 0 Å². The van der Waals surface area contributed by atoms with Crippen LogP contribution in [0.3, 0.4) is 0 Å². The number of fused-ring (bicyclic) bond motifs is 1. The van der Waals surface area contributed by atoms with Crippen LogP contribution in [0.15, 0.2) is 47.6 Å². The highest BCUT2D eigenvalue weighted by Crippen LogP contribution is 2.31. The van der Waals surface area contributed by atoms with Crippen LogP contribution in [-0.2, 0) is 16.1 Å². The molecular formula is C22H21ClN4O4S. The fourth-order valence-electron chi connectivity index (χ4n) is 3.28. The number of hydrogen-bond donors (Lipinski definition) is 1. The minimum Gasteiger partial charge on any atom is -0.482 e. The third-order valence-corrected chi connectivity index (χ3v) is 6.12. The van der Waals surface area contributed by atoms with Gasteiger partial charge in [0.2, 0.25) is 0 Å². The van der Waals surface area contributed by atoms with Crippen molar-refractivity contribution in [2.75, 3.05) is 31.4 Å². The number of nitrogens with zero attached hydrogens (tertiary/aromatic N) is 3. The lowest BCUT2D eigenvalue weighted by atomic mass is 10.1. The van der Waals surface area contributed by atoms with Gasteiger partial charge >= 0.3 is 0 Å². The number of carbonyl (C=O) groups excluding carboxylic acids is 2. The summed E-state index contributed by atoms with van der Waals surface area (Å²) in [5.74, 6) is 1.03. The molecule has 1 amide bonds. The summed E-state index contributed by atoms with van der Waals surface area (Å²) in [6.45, 7) is 1.19. The number of anilines is 1. The van der Waals surface area contributed by atoms with Crippen molar-refractivity contribution in [2.45, 2.75) is 18.1 Å². The molecule has 0 saturated heterocycles. The number of aromatic nitrogens is 3. The smallest absolute Gasteiger partial charge is 0.262 e. The quantitative estimate of drug-likeness (QED) is 0.286. The first kappa shape index (κ1) is 22.3. The Bertz CT molecular complexity index is 1150. The number of benzene rings is 2. The molecule has 3 aromatic rings. The molecule has 1 aromatic heterocycles. The molecule has 1 aliphatic heterocycles. The molecule has 1 aliphatic rings. The van der Waals surface area contributed by atoms with Crippen LogP contribution in [0.1, 0.15) is 16.8 Å². The standard InChI is InChI=1S/C22H21ClN4O4S/c1-30-10-4-9-27-21(15-5-2-3-6-16(15)23)25-26-22(27)32-13-18(28)14-7-8-19-17(11-14)24-20(29)12-31-19/h2-3,5-8,11H,4,9-10,12-13H2,1H3,(H,24,29). The fraction of sp³-hybridized carbons (Fsp3) is 0.273. The van der Waals surface area contributed by atoms with Crippen molar-refractivity contribution in [3.63, 3.8) is 0 Å². The summed E-state index contributed by atoms with van der Waals surface area (Å²) in [6.07, 6.45) is 0.762. The lowest BCUT2D eigenvalue weighted by Crippen LogP contribution is -2.25. The Morgan fingerprint density at radius 1 is 1.28 bits per heavy atom. The van der Waals surface area contributed by atoms with E-state index in [0.717, 1.165) is 12.0 Å². The highest BCUT2D eigenvalue weighted by atomic mass is 35.5. The van der Waals surface area contributed by atoms with Crippen molar-refractivity contribution < 1.29 is 19.1 Å². The first-order valence-corrected chi connectivity index (χ1v) is 11.3. The van der Waals surface area contributed by atoms with Crippen LogP contribution in [0.25, 0.3) is 11.4 Å². The van der Waals surface area contributed by atoms with E-state index in [2.05, 4.69) is 15.5 Å². The number of nitrogens with one attached hydrogen (secondary N) is 1. The fourth-order valence-corrected chi connectivity index (χ4v) is 4.36. The van der Waals surface area contributed by atoms with Gasteiger partial charge in [0, 0.05) is 31.4 Å². The van der Waals surface area contributed by atoms with Crippen LogP contribution in [0.2, 0.25) is 5.02 Å². The number of rotatable bonds is 9. The van der Waals surface area contributed by atoms with Crippen LogP contribution in [0, 0.1) is 0 Å². The molecule has 32 heavy (non-hydrogen) atoms. The average Bonchev–Trinajstić information content (AvgIpc) is 3.20. The molecule has 0 aliphatic carbocycles. The normalized spacial score (nSPS) is 12.8. The molecular weight excluding hydrogens is 452 g/mol. The zero-order valence-corrected chi connectivity index (χ0v) is 18.9. The second-order valence-electron chi connectivity index (χ2n) is 7.04. The molecule has 0 bridgehead atoms. The third kappa shape index (κ3) is 4.95. The second-order valence-corrected chi connectivity index (χ2v) is 8.39. The predicted molar refractivity (Wildman–Crippen MR) is 123 cm³/mol. The van der Waals surface area contributed by atoms with E-state index in [1.807, 2.05) is 22.8 Å². The molecule has 2 heterocycles. The number of carbonyl (C=O) groups is 2. The molecule has 0 radical (unpaired) electrons. The van der Waals surface area contributed by atoms with Gasteiger partial charge in [-0.05, 0) is 36.8 Å². The van der Waals surface area contributed by atoms with Crippen LogP contribution in [0.5, 0.6) is 5.75 Å². The van der Waals surface area contributed by atoms with E-state index in [1.165, 1.54) is 11.8 Å². The van der Waals surface area contributed by atoms with E-state index in [1.54, 1.807) is 31.4 Å². The molecule has 4 rings (SSSR count). The molecule has 10 heteroatoms. The van der Waals surface area contributed by atoms with Crippen LogP contribution < -0.4 is 10.1 Å². The van der Waals surface area contributed by atoms with E-state index in [-0.39, 0.29) is 24.1 Å². The van der Waals surface area contributed by atoms with Crippen molar-refractivity contribution in [3.05, 3.63) is 53.1 Å². The summed E-state index contributed by atoms with van der Waals surface area (Å²) in [7, 11) is 1.65. The Balaban J connectivity index is 1.52. The molecule has 166 valence electrons.